The monoisotopic (exact) mass is 282 g/mol. The molecule has 0 bridgehead atoms. The molecule has 108 valence electrons. The van der Waals surface area contributed by atoms with Gasteiger partial charge in [0.1, 0.15) is 0 Å². The summed E-state index contributed by atoms with van der Waals surface area (Å²) in [5.74, 6) is -0.0352. The average Bonchev–Trinajstić information content (AvgIpc) is 3.11. The van der Waals surface area contributed by atoms with Crippen LogP contribution in [0.15, 0.2) is 36.7 Å². The van der Waals surface area contributed by atoms with Crippen LogP contribution in [-0.2, 0) is 6.42 Å². The van der Waals surface area contributed by atoms with Crippen LogP contribution in [0.5, 0.6) is 0 Å². The van der Waals surface area contributed by atoms with Crippen molar-refractivity contribution in [3.05, 3.63) is 53.5 Å². The Balaban J connectivity index is 1.57. The number of para-hydroxylation sites is 1. The molecular formula is C16H18N4O. The molecule has 0 unspecified atom stereocenters. The predicted molar refractivity (Wildman–Crippen MR) is 82.3 cm³/mol. The van der Waals surface area contributed by atoms with Crippen molar-refractivity contribution in [3.63, 3.8) is 0 Å². The molecule has 3 rings (SSSR count). The number of rotatable bonds is 5. The van der Waals surface area contributed by atoms with Gasteiger partial charge in [0.05, 0.1) is 17.3 Å². The summed E-state index contributed by atoms with van der Waals surface area (Å²) in [7, 11) is 0. The standard InChI is InChI=1S/C16H18N4O/c1-11-13(10-19-20-11)5-3-8-18-16(21)14-6-2-4-12-7-9-17-15(12)14/h2,4,6-7,9-10,17H,3,5,8H2,1H3,(H,18,21)(H,19,20). The third kappa shape index (κ3) is 2.81. The first-order valence-electron chi connectivity index (χ1n) is 7.09. The summed E-state index contributed by atoms with van der Waals surface area (Å²) < 4.78 is 0. The molecule has 0 saturated heterocycles. The molecule has 0 radical (unpaired) electrons. The second kappa shape index (κ2) is 5.83. The van der Waals surface area contributed by atoms with Gasteiger partial charge in [-0.1, -0.05) is 12.1 Å². The van der Waals surface area contributed by atoms with E-state index in [1.54, 1.807) is 0 Å². The number of hydrogen-bond donors (Lipinski definition) is 3. The van der Waals surface area contributed by atoms with Crippen LogP contribution in [-0.4, -0.2) is 27.6 Å². The summed E-state index contributed by atoms with van der Waals surface area (Å²) >= 11 is 0. The van der Waals surface area contributed by atoms with Gasteiger partial charge in [0.25, 0.3) is 5.91 Å². The fraction of sp³-hybridized carbons (Fsp3) is 0.250. The van der Waals surface area contributed by atoms with E-state index >= 15 is 0 Å². The number of H-pyrrole nitrogens is 2. The van der Waals surface area contributed by atoms with E-state index in [2.05, 4.69) is 20.5 Å². The van der Waals surface area contributed by atoms with Gasteiger partial charge < -0.3 is 10.3 Å². The van der Waals surface area contributed by atoms with E-state index < -0.39 is 0 Å². The van der Waals surface area contributed by atoms with Crippen molar-refractivity contribution in [2.45, 2.75) is 19.8 Å². The Hall–Kier alpha value is -2.56. The van der Waals surface area contributed by atoms with Gasteiger partial charge in [-0.15, -0.1) is 0 Å². The topological polar surface area (TPSA) is 73.6 Å². The molecule has 0 aliphatic rings. The van der Waals surface area contributed by atoms with Crippen molar-refractivity contribution in [1.82, 2.24) is 20.5 Å². The van der Waals surface area contributed by atoms with Crippen LogP contribution in [0.2, 0.25) is 0 Å². The minimum atomic E-state index is -0.0352. The van der Waals surface area contributed by atoms with Gasteiger partial charge in [-0.2, -0.15) is 5.10 Å². The third-order valence-corrected chi connectivity index (χ3v) is 3.67. The van der Waals surface area contributed by atoms with E-state index in [4.69, 9.17) is 0 Å². The lowest BCUT2D eigenvalue weighted by molar-refractivity contribution is 0.0954. The van der Waals surface area contributed by atoms with E-state index in [0.29, 0.717) is 12.1 Å². The van der Waals surface area contributed by atoms with Crippen LogP contribution < -0.4 is 5.32 Å². The highest BCUT2D eigenvalue weighted by Crippen LogP contribution is 2.16. The third-order valence-electron chi connectivity index (χ3n) is 3.67. The molecule has 0 atom stereocenters. The maximum Gasteiger partial charge on any atom is 0.253 e. The first-order chi connectivity index (χ1) is 10.3. The summed E-state index contributed by atoms with van der Waals surface area (Å²) in [6, 6.07) is 7.70. The van der Waals surface area contributed by atoms with E-state index in [1.165, 1.54) is 5.56 Å². The average molecular weight is 282 g/mol. The number of aromatic nitrogens is 3. The van der Waals surface area contributed by atoms with Gasteiger partial charge in [0.2, 0.25) is 0 Å². The van der Waals surface area contributed by atoms with Crippen LogP contribution in [0, 0.1) is 6.92 Å². The van der Waals surface area contributed by atoms with E-state index in [1.807, 2.05) is 43.6 Å². The quantitative estimate of drug-likeness (QED) is 0.629. The number of aryl methyl sites for hydroxylation is 2. The number of nitrogens with one attached hydrogen (secondary N) is 3. The number of carbonyl (C=O) groups excluding carboxylic acids is 1. The van der Waals surface area contributed by atoms with Gasteiger partial charge in [-0.05, 0) is 37.5 Å². The summed E-state index contributed by atoms with van der Waals surface area (Å²) in [5, 5.41) is 10.9. The molecular weight excluding hydrogens is 264 g/mol. The lowest BCUT2D eigenvalue weighted by atomic mass is 10.1. The molecule has 0 saturated carbocycles. The number of fused-ring (bicyclic) bond motifs is 1. The van der Waals surface area contributed by atoms with Crippen molar-refractivity contribution >= 4 is 16.8 Å². The highest BCUT2D eigenvalue weighted by atomic mass is 16.1. The molecule has 5 nitrogen and oxygen atoms in total. The molecule has 21 heavy (non-hydrogen) atoms. The number of carbonyl (C=O) groups is 1. The first kappa shape index (κ1) is 13.4. The smallest absolute Gasteiger partial charge is 0.253 e. The highest BCUT2D eigenvalue weighted by molar-refractivity contribution is 6.05. The summed E-state index contributed by atoms with van der Waals surface area (Å²) in [6.45, 7) is 2.66. The molecule has 0 aliphatic heterocycles. The second-order valence-electron chi connectivity index (χ2n) is 5.13. The first-order valence-corrected chi connectivity index (χ1v) is 7.09. The summed E-state index contributed by atoms with van der Waals surface area (Å²) in [6.07, 6.45) is 5.50. The lowest BCUT2D eigenvalue weighted by Gasteiger charge is -2.06. The van der Waals surface area contributed by atoms with Crippen molar-refractivity contribution in [1.29, 1.82) is 0 Å². The van der Waals surface area contributed by atoms with E-state index in [-0.39, 0.29) is 5.91 Å². The normalized spacial score (nSPS) is 10.9. The Morgan fingerprint density at radius 3 is 3.05 bits per heavy atom. The molecule has 1 amide bonds. The molecule has 1 aromatic carbocycles. The number of aromatic amines is 2. The molecule has 3 aromatic rings. The second-order valence-corrected chi connectivity index (χ2v) is 5.13. The van der Waals surface area contributed by atoms with Crippen LogP contribution in [0.1, 0.15) is 28.0 Å². The van der Waals surface area contributed by atoms with E-state index in [9.17, 15) is 4.79 Å². The van der Waals surface area contributed by atoms with Gasteiger partial charge in [0, 0.05) is 23.8 Å². The fourth-order valence-electron chi connectivity index (χ4n) is 2.48. The zero-order valence-corrected chi connectivity index (χ0v) is 11.9. The summed E-state index contributed by atoms with van der Waals surface area (Å²) in [5.41, 5.74) is 3.88. The molecule has 5 heteroatoms. The number of amides is 1. The van der Waals surface area contributed by atoms with Crippen LogP contribution in [0.3, 0.4) is 0 Å². The van der Waals surface area contributed by atoms with Crippen molar-refractivity contribution in [3.8, 4) is 0 Å². The minimum Gasteiger partial charge on any atom is -0.361 e. The molecule has 2 aromatic heterocycles. The zero-order chi connectivity index (χ0) is 14.7. The summed E-state index contributed by atoms with van der Waals surface area (Å²) in [4.78, 5) is 15.4. The van der Waals surface area contributed by atoms with Crippen molar-refractivity contribution in [2.24, 2.45) is 0 Å². The van der Waals surface area contributed by atoms with E-state index in [0.717, 1.165) is 29.4 Å². The Morgan fingerprint density at radius 2 is 2.24 bits per heavy atom. The Bertz CT molecular complexity index is 756. The maximum atomic E-state index is 12.2. The largest absolute Gasteiger partial charge is 0.361 e. The van der Waals surface area contributed by atoms with Crippen LogP contribution in [0.25, 0.3) is 10.9 Å². The highest BCUT2D eigenvalue weighted by Gasteiger charge is 2.10. The zero-order valence-electron chi connectivity index (χ0n) is 11.9. The Morgan fingerprint density at radius 1 is 1.33 bits per heavy atom. The number of benzene rings is 1. The van der Waals surface area contributed by atoms with Crippen molar-refractivity contribution < 1.29 is 4.79 Å². The molecule has 0 spiro atoms. The van der Waals surface area contributed by atoms with Crippen LogP contribution >= 0.6 is 0 Å². The molecule has 0 aliphatic carbocycles. The predicted octanol–water partition coefficient (Wildman–Crippen LogP) is 2.56. The van der Waals surface area contributed by atoms with Crippen molar-refractivity contribution in [2.75, 3.05) is 6.54 Å². The minimum absolute atomic E-state index is 0.0352. The van der Waals surface area contributed by atoms with Gasteiger partial charge in [-0.3, -0.25) is 9.89 Å². The number of nitrogens with zero attached hydrogens (tertiary/aromatic N) is 1. The molecule has 3 N–H and O–H groups in total. The SMILES string of the molecule is Cc1[nH]ncc1CCCNC(=O)c1cccc2cc[nH]c12. The Labute approximate surface area is 122 Å². The van der Waals surface area contributed by atoms with Gasteiger partial charge in [0.15, 0.2) is 0 Å². The molecule has 0 fully saturated rings. The fourth-order valence-corrected chi connectivity index (χ4v) is 2.48. The maximum absolute atomic E-state index is 12.2. The van der Waals surface area contributed by atoms with Gasteiger partial charge >= 0.3 is 0 Å². The number of hydrogen-bond acceptors (Lipinski definition) is 2. The van der Waals surface area contributed by atoms with Gasteiger partial charge in [-0.25, -0.2) is 0 Å². The molecule has 2 heterocycles. The Kier molecular flexibility index (Phi) is 3.73. The van der Waals surface area contributed by atoms with Crippen LogP contribution in [0.4, 0.5) is 0 Å². The lowest BCUT2D eigenvalue weighted by Crippen LogP contribution is -2.25.